The maximum atomic E-state index is 12.2. The average molecular weight is 377 g/mol. The van der Waals surface area contributed by atoms with Crippen molar-refractivity contribution in [3.8, 4) is 5.75 Å². The first-order chi connectivity index (χ1) is 12.0. The number of rotatable bonds is 5. The van der Waals surface area contributed by atoms with E-state index in [9.17, 15) is 4.79 Å². The highest BCUT2D eigenvalue weighted by Crippen LogP contribution is 2.34. The molecule has 0 saturated carbocycles. The normalized spacial score (nSPS) is 13.0. The van der Waals surface area contributed by atoms with E-state index in [0.717, 1.165) is 22.7 Å². The van der Waals surface area contributed by atoms with Gasteiger partial charge in [0, 0.05) is 16.7 Å². The summed E-state index contributed by atoms with van der Waals surface area (Å²) in [6, 6.07) is 12.6. The number of benzene rings is 2. The number of fused-ring (bicyclic) bond motifs is 1. The summed E-state index contributed by atoms with van der Waals surface area (Å²) in [4.78, 5) is 16.8. The van der Waals surface area contributed by atoms with Crippen LogP contribution in [0.3, 0.4) is 0 Å². The van der Waals surface area contributed by atoms with E-state index in [-0.39, 0.29) is 16.9 Å². The lowest BCUT2D eigenvalue weighted by molar-refractivity contribution is 0.0530. The molecule has 25 heavy (non-hydrogen) atoms. The molecule has 0 spiro atoms. The number of aliphatic imine (C=N–C) groups is 1. The topological polar surface area (TPSA) is 47.9 Å². The number of carbonyl (C=O) groups excluding carboxylic acids is 1. The van der Waals surface area contributed by atoms with Crippen LogP contribution in [0.1, 0.15) is 15.9 Å². The fraction of sp³-hybridized carbons (Fsp3) is 0.263. The van der Waals surface area contributed by atoms with E-state index in [1.54, 1.807) is 24.3 Å². The van der Waals surface area contributed by atoms with Crippen molar-refractivity contribution >= 4 is 39.9 Å². The number of carbonyl (C=O) groups is 1. The van der Waals surface area contributed by atoms with Gasteiger partial charge in [0.1, 0.15) is 30.4 Å². The Morgan fingerprint density at radius 3 is 2.92 bits per heavy atom. The number of halogens is 1. The largest absolute Gasteiger partial charge is 0.485 e. The van der Waals surface area contributed by atoms with Crippen LogP contribution in [0.25, 0.3) is 0 Å². The van der Waals surface area contributed by atoms with Crippen LogP contribution >= 0.6 is 11.6 Å². The van der Waals surface area contributed by atoms with Gasteiger partial charge in [-0.05, 0) is 35.2 Å². The highest BCUT2D eigenvalue weighted by atomic mass is 35.5. The molecule has 1 heterocycles. The van der Waals surface area contributed by atoms with Crippen molar-refractivity contribution in [2.24, 2.45) is 4.99 Å². The molecule has 4 nitrogen and oxygen atoms in total. The predicted molar refractivity (Wildman–Crippen MR) is 104 cm³/mol. The van der Waals surface area contributed by atoms with Gasteiger partial charge < -0.3 is 9.47 Å². The molecule has 0 unspecified atom stereocenters. The molecule has 0 fully saturated rings. The summed E-state index contributed by atoms with van der Waals surface area (Å²) in [5, 5.41) is 0.615. The third-order valence-corrected chi connectivity index (χ3v) is 4.92. The van der Waals surface area contributed by atoms with Gasteiger partial charge in [0.25, 0.3) is 0 Å². The van der Waals surface area contributed by atoms with Crippen molar-refractivity contribution in [2.45, 2.75) is 0 Å². The minimum Gasteiger partial charge on any atom is -0.485 e. The Kier molecular flexibility index (Phi) is 5.66. The molecule has 0 aliphatic carbocycles. The first kappa shape index (κ1) is 17.8. The van der Waals surface area contributed by atoms with Crippen molar-refractivity contribution in [2.75, 3.05) is 31.5 Å². The van der Waals surface area contributed by atoms with Crippen LogP contribution in [0.2, 0.25) is 5.02 Å². The van der Waals surface area contributed by atoms with E-state index >= 15 is 0 Å². The zero-order chi connectivity index (χ0) is 17.8. The average Bonchev–Trinajstić information content (AvgIpc) is 2.61. The van der Waals surface area contributed by atoms with E-state index in [2.05, 4.69) is 17.5 Å². The van der Waals surface area contributed by atoms with Crippen molar-refractivity contribution in [1.82, 2.24) is 0 Å². The molecule has 0 amide bonds. The van der Waals surface area contributed by atoms with Gasteiger partial charge >= 0.3 is 5.97 Å². The van der Waals surface area contributed by atoms with Crippen molar-refractivity contribution in [3.05, 3.63) is 58.6 Å². The zero-order valence-corrected chi connectivity index (χ0v) is 15.7. The molecule has 3 rings (SSSR count). The Balaban J connectivity index is 1.78. The van der Waals surface area contributed by atoms with Gasteiger partial charge in [-0.2, -0.15) is 0 Å². The van der Waals surface area contributed by atoms with Gasteiger partial charge in [0.15, 0.2) is 0 Å². The third kappa shape index (κ3) is 4.55. The Hall–Kier alpha value is -1.98. The fourth-order valence-corrected chi connectivity index (χ4v) is 2.96. The summed E-state index contributed by atoms with van der Waals surface area (Å²) in [7, 11) is 0.258. The second-order valence-electron chi connectivity index (χ2n) is 5.87. The molecule has 0 aromatic heterocycles. The van der Waals surface area contributed by atoms with E-state index in [0.29, 0.717) is 29.5 Å². The van der Waals surface area contributed by atoms with Crippen molar-refractivity contribution < 1.29 is 14.3 Å². The van der Waals surface area contributed by atoms with E-state index in [1.165, 1.54) is 0 Å². The predicted octanol–water partition coefficient (Wildman–Crippen LogP) is 3.89. The van der Waals surface area contributed by atoms with Crippen LogP contribution in [0.4, 0.5) is 5.69 Å². The van der Waals surface area contributed by atoms with Gasteiger partial charge in [-0.3, -0.25) is 0 Å². The number of hydrogen-bond acceptors (Lipinski definition) is 4. The van der Waals surface area contributed by atoms with Crippen LogP contribution in [-0.2, 0) is 15.6 Å². The standard InChI is InChI=1S/C19H19ClNO3S/c1-25(2)9-8-23-19(22)14-5-3-4-13(10-14)17-12-24-18-11-15(20)6-7-16(18)21-17/h3-7,10-11H,8-9,12H2,1-2H3/q+1. The van der Waals surface area contributed by atoms with Crippen LogP contribution in [0, 0.1) is 0 Å². The Labute approximate surface area is 155 Å². The molecule has 6 heteroatoms. The molecule has 130 valence electrons. The number of esters is 1. The molecular weight excluding hydrogens is 358 g/mol. The van der Waals surface area contributed by atoms with Crippen LogP contribution in [0.5, 0.6) is 5.75 Å². The molecule has 0 radical (unpaired) electrons. The number of nitrogens with zero attached hydrogens (tertiary/aromatic N) is 1. The fourth-order valence-electron chi connectivity index (χ4n) is 2.38. The Morgan fingerprint density at radius 2 is 2.12 bits per heavy atom. The monoisotopic (exact) mass is 376 g/mol. The molecule has 2 aromatic carbocycles. The smallest absolute Gasteiger partial charge is 0.338 e. The van der Waals surface area contributed by atoms with Gasteiger partial charge in [0.05, 0.1) is 23.8 Å². The number of ether oxygens (including phenoxy) is 2. The van der Waals surface area contributed by atoms with E-state index < -0.39 is 0 Å². The zero-order valence-electron chi connectivity index (χ0n) is 14.1. The Bertz CT molecular complexity index is 820. The van der Waals surface area contributed by atoms with Crippen molar-refractivity contribution in [1.29, 1.82) is 0 Å². The van der Waals surface area contributed by atoms with Crippen molar-refractivity contribution in [3.63, 3.8) is 0 Å². The minimum absolute atomic E-state index is 0.258. The lowest BCUT2D eigenvalue weighted by atomic mass is 10.1. The second kappa shape index (κ2) is 7.93. The summed E-state index contributed by atoms with van der Waals surface area (Å²) >= 11 is 5.97. The Morgan fingerprint density at radius 1 is 1.28 bits per heavy atom. The highest BCUT2D eigenvalue weighted by molar-refractivity contribution is 7.95. The molecule has 0 saturated heterocycles. The molecular formula is C19H19ClNO3S+. The summed E-state index contributed by atoms with van der Waals surface area (Å²) in [5.74, 6) is 1.24. The lowest BCUT2D eigenvalue weighted by Crippen LogP contribution is -2.17. The summed E-state index contributed by atoms with van der Waals surface area (Å²) in [6.45, 7) is 0.775. The molecule has 0 N–H and O–H groups in total. The van der Waals surface area contributed by atoms with Crippen LogP contribution in [-0.4, -0.2) is 43.2 Å². The summed E-state index contributed by atoms with van der Waals surface area (Å²) in [5.41, 5.74) is 2.87. The summed E-state index contributed by atoms with van der Waals surface area (Å²) in [6.07, 6.45) is 4.25. The SMILES string of the molecule is C[S+](C)CCOC(=O)c1cccc(C2=Nc3ccc(Cl)cc3OC2)c1. The molecule has 0 atom stereocenters. The minimum atomic E-state index is -0.309. The molecule has 1 aliphatic heterocycles. The van der Waals surface area contributed by atoms with Gasteiger partial charge in [-0.1, -0.05) is 23.7 Å². The lowest BCUT2D eigenvalue weighted by Gasteiger charge is -2.17. The highest BCUT2D eigenvalue weighted by Gasteiger charge is 2.17. The quantitative estimate of drug-likeness (QED) is 0.587. The van der Waals surface area contributed by atoms with Crippen LogP contribution < -0.4 is 4.74 Å². The second-order valence-corrected chi connectivity index (χ2v) is 8.68. The van der Waals surface area contributed by atoms with Gasteiger partial charge in [0.2, 0.25) is 0 Å². The van der Waals surface area contributed by atoms with Gasteiger partial charge in [-0.15, -0.1) is 0 Å². The van der Waals surface area contributed by atoms with Crippen LogP contribution in [0.15, 0.2) is 47.5 Å². The molecule has 2 aromatic rings. The maximum absolute atomic E-state index is 12.2. The maximum Gasteiger partial charge on any atom is 0.338 e. The van der Waals surface area contributed by atoms with Gasteiger partial charge in [-0.25, -0.2) is 9.79 Å². The molecule has 1 aliphatic rings. The van der Waals surface area contributed by atoms with E-state index in [1.807, 2.05) is 18.2 Å². The van der Waals surface area contributed by atoms with E-state index in [4.69, 9.17) is 21.1 Å². The summed E-state index contributed by atoms with van der Waals surface area (Å²) < 4.78 is 11.1. The first-order valence-electron chi connectivity index (χ1n) is 7.84. The molecule has 0 bridgehead atoms. The number of hydrogen-bond donors (Lipinski definition) is 0. The first-order valence-corrected chi connectivity index (χ1v) is 10.4. The third-order valence-electron chi connectivity index (χ3n) is 3.70.